The number of anilines is 2. The van der Waals surface area contributed by atoms with Crippen LogP contribution in [0, 0.1) is 0 Å². The summed E-state index contributed by atoms with van der Waals surface area (Å²) in [5, 5.41) is 5.31. The number of rotatable bonds is 6. The number of hydrogen-bond acceptors (Lipinski definition) is 4. The number of benzene rings is 3. The Labute approximate surface area is 185 Å². The van der Waals surface area contributed by atoms with Gasteiger partial charge >= 0.3 is 8.03 Å². The molecule has 4 N–H and O–H groups in total. The third-order valence-electron chi connectivity index (χ3n) is 4.89. The van der Waals surface area contributed by atoms with Crippen LogP contribution in [0.4, 0.5) is 11.4 Å². The zero-order valence-corrected chi connectivity index (χ0v) is 18.2. The molecule has 31 heavy (non-hydrogen) atoms. The van der Waals surface area contributed by atoms with Gasteiger partial charge in [-0.15, -0.1) is 11.3 Å². The molecule has 5 nitrogen and oxygen atoms in total. The Balaban J connectivity index is 1.56. The van der Waals surface area contributed by atoms with Gasteiger partial charge in [0.2, 0.25) is 5.30 Å². The van der Waals surface area contributed by atoms with Gasteiger partial charge < -0.3 is 11.1 Å². The molecule has 1 amide bonds. The molecule has 0 radical (unpaired) electrons. The molecule has 1 unspecified atom stereocenters. The van der Waals surface area contributed by atoms with E-state index < -0.39 is 8.03 Å². The first-order valence-electron chi connectivity index (χ1n) is 9.59. The molecule has 0 saturated heterocycles. The molecule has 4 rings (SSSR count). The minimum Gasteiger partial charge on any atom is -0.397 e. The Morgan fingerprint density at radius 1 is 1.00 bits per heavy atom. The fraction of sp³-hybridized carbons (Fsp3) is 0.0417. The molecule has 1 heterocycles. The zero-order chi connectivity index (χ0) is 21.8. The van der Waals surface area contributed by atoms with Crippen LogP contribution in [-0.4, -0.2) is 10.8 Å². The van der Waals surface area contributed by atoms with Crippen LogP contribution in [0.3, 0.4) is 0 Å². The lowest BCUT2D eigenvalue weighted by Crippen LogP contribution is -2.14. The molecule has 1 atom stereocenters. The predicted octanol–water partition coefficient (Wildman–Crippen LogP) is 5.20. The van der Waals surface area contributed by atoms with E-state index in [2.05, 4.69) is 5.32 Å². The van der Waals surface area contributed by atoms with Crippen molar-refractivity contribution < 1.29 is 14.3 Å². The van der Waals surface area contributed by atoms with Crippen molar-refractivity contribution in [1.29, 1.82) is 0 Å². The number of nitrogen functional groups attached to an aromatic ring is 1. The molecule has 0 fully saturated rings. The average Bonchev–Trinajstić information content (AvgIpc) is 3.30. The fourth-order valence-corrected chi connectivity index (χ4v) is 4.68. The van der Waals surface area contributed by atoms with Gasteiger partial charge in [-0.05, 0) is 57.5 Å². The second-order valence-electron chi connectivity index (χ2n) is 7.01. The summed E-state index contributed by atoms with van der Waals surface area (Å²) < 4.78 is 11.6. The van der Waals surface area contributed by atoms with Gasteiger partial charge in [0.25, 0.3) is 5.91 Å². The molecule has 0 bridgehead atoms. The highest BCUT2D eigenvalue weighted by molar-refractivity contribution is 7.47. The largest absolute Gasteiger partial charge is 0.546 e. The summed E-state index contributed by atoms with van der Waals surface area (Å²) >= 11 is 1.62. The number of carbonyl (C=O) groups excluding carboxylic acids is 1. The molecule has 1 aromatic heterocycles. The highest BCUT2D eigenvalue weighted by Crippen LogP contribution is 2.30. The first-order valence-corrected chi connectivity index (χ1v) is 11.7. The predicted molar refractivity (Wildman–Crippen MR) is 127 cm³/mol. The van der Waals surface area contributed by atoms with Crippen molar-refractivity contribution in [1.82, 2.24) is 0 Å². The average molecular weight is 447 g/mol. The van der Waals surface area contributed by atoms with Gasteiger partial charge in [0.15, 0.2) is 0 Å². The maximum absolute atomic E-state index is 12.9. The van der Waals surface area contributed by atoms with Gasteiger partial charge in [0.1, 0.15) is 0 Å². The van der Waals surface area contributed by atoms with Crippen LogP contribution >= 0.6 is 19.4 Å². The number of hydrogen-bond donors (Lipinski definition) is 3. The maximum atomic E-state index is 12.9. The van der Waals surface area contributed by atoms with Crippen LogP contribution in [0.15, 0.2) is 84.2 Å². The van der Waals surface area contributed by atoms with E-state index in [1.165, 1.54) is 0 Å². The molecule has 0 spiro atoms. The van der Waals surface area contributed by atoms with E-state index in [-0.39, 0.29) is 5.91 Å². The third-order valence-corrected chi connectivity index (χ3v) is 6.66. The van der Waals surface area contributed by atoms with Crippen molar-refractivity contribution in [3.8, 4) is 10.4 Å². The van der Waals surface area contributed by atoms with Gasteiger partial charge in [-0.25, -0.2) is 0 Å². The first kappa shape index (κ1) is 20.9. The molecule has 0 saturated carbocycles. The number of nitrogens with two attached hydrogens (primary N) is 1. The summed E-state index contributed by atoms with van der Waals surface area (Å²) in [6.45, 7) is 0. The van der Waals surface area contributed by atoms with E-state index in [9.17, 15) is 14.3 Å². The summed E-state index contributed by atoms with van der Waals surface area (Å²) in [4.78, 5) is 23.5. The molecule has 0 aliphatic heterocycles. The molecule has 0 aliphatic carbocycles. The highest BCUT2D eigenvalue weighted by Gasteiger charge is 2.21. The Bertz CT molecular complexity index is 1260. The molecule has 4 aromatic rings. The lowest BCUT2D eigenvalue weighted by Gasteiger charge is -2.11. The number of carbonyl (C=O) groups is 1. The summed E-state index contributed by atoms with van der Waals surface area (Å²) in [5.74, 6) is -0.265. The molecular weight excluding hydrogens is 427 g/mol. The topological polar surface area (TPSA) is 92.4 Å². The fourth-order valence-electron chi connectivity index (χ4n) is 3.34. The van der Waals surface area contributed by atoms with E-state index in [0.29, 0.717) is 28.7 Å². The van der Waals surface area contributed by atoms with Crippen molar-refractivity contribution in [3.05, 3.63) is 101 Å². The maximum Gasteiger partial charge on any atom is 0.546 e. The zero-order valence-electron chi connectivity index (χ0n) is 16.5. The van der Waals surface area contributed by atoms with Crippen molar-refractivity contribution >= 4 is 42.0 Å². The summed E-state index contributed by atoms with van der Waals surface area (Å²) in [6, 6.07) is 23.8. The van der Waals surface area contributed by atoms with Crippen molar-refractivity contribution in [2.45, 2.75) is 6.42 Å². The van der Waals surface area contributed by atoms with E-state index in [1.807, 2.05) is 47.8 Å². The van der Waals surface area contributed by atoms with Gasteiger partial charge in [-0.3, -0.25) is 4.79 Å². The van der Waals surface area contributed by atoms with Crippen molar-refractivity contribution in [2.24, 2.45) is 0 Å². The van der Waals surface area contributed by atoms with Crippen LogP contribution < -0.4 is 16.4 Å². The summed E-state index contributed by atoms with van der Waals surface area (Å²) in [5.41, 5.74) is 10.2. The Hall–Kier alpha value is -3.31. The second kappa shape index (κ2) is 9.23. The minimum atomic E-state index is -2.43. The van der Waals surface area contributed by atoms with Gasteiger partial charge in [-0.2, -0.15) is 4.89 Å². The number of nitrogens with one attached hydrogen (secondary N) is 1. The van der Waals surface area contributed by atoms with Crippen molar-refractivity contribution in [2.75, 3.05) is 11.1 Å². The third kappa shape index (κ3) is 4.89. The first-order chi connectivity index (χ1) is 15.0. The Morgan fingerprint density at radius 2 is 1.84 bits per heavy atom. The molecule has 154 valence electrons. The van der Waals surface area contributed by atoms with Crippen LogP contribution in [0.5, 0.6) is 0 Å². The SMILES string of the molecule is Nc1ccc(-c2cccs2)cc1NC(=O)c1cccc(Cc2ccccc2[P+](=O)O)c1. The standard InChI is InChI=1S/C24H19N2O3PS/c25-20-11-10-18(23-9-4-12-31-23)15-21(20)26-24(27)19-7-3-5-16(14-19)13-17-6-1-2-8-22(17)30(28)29/h1-12,14-15H,13,25H2,(H-,26,27,28,29)/p+1. The van der Waals surface area contributed by atoms with E-state index in [0.717, 1.165) is 21.6 Å². The quantitative estimate of drug-likeness (QED) is 0.280. The molecular formula is C24H20N2O3PS+. The molecule has 3 aromatic carbocycles. The Morgan fingerprint density at radius 3 is 2.61 bits per heavy atom. The van der Waals surface area contributed by atoms with E-state index >= 15 is 0 Å². The summed E-state index contributed by atoms with van der Waals surface area (Å²) in [7, 11) is -2.43. The highest BCUT2D eigenvalue weighted by atomic mass is 32.1. The number of thiophene rings is 1. The van der Waals surface area contributed by atoms with Crippen LogP contribution in [0.2, 0.25) is 0 Å². The lowest BCUT2D eigenvalue weighted by molar-refractivity contribution is 0.102. The number of amides is 1. The van der Waals surface area contributed by atoms with Gasteiger partial charge in [-0.1, -0.05) is 42.5 Å². The van der Waals surface area contributed by atoms with Gasteiger partial charge in [0.05, 0.1) is 11.4 Å². The normalized spacial score (nSPS) is 11.2. The van der Waals surface area contributed by atoms with E-state index in [1.54, 1.807) is 47.7 Å². The van der Waals surface area contributed by atoms with Crippen molar-refractivity contribution in [3.63, 3.8) is 0 Å². The minimum absolute atomic E-state index is 0.265. The molecule has 0 aliphatic rings. The van der Waals surface area contributed by atoms with Gasteiger partial charge in [0, 0.05) is 22.4 Å². The Kier molecular flexibility index (Phi) is 6.23. The van der Waals surface area contributed by atoms with E-state index in [4.69, 9.17) is 5.73 Å². The lowest BCUT2D eigenvalue weighted by atomic mass is 10.0. The monoisotopic (exact) mass is 447 g/mol. The van der Waals surface area contributed by atoms with Crippen LogP contribution in [-0.2, 0) is 11.0 Å². The molecule has 7 heteroatoms. The van der Waals surface area contributed by atoms with Crippen LogP contribution in [0.25, 0.3) is 10.4 Å². The smallest absolute Gasteiger partial charge is 0.397 e. The summed E-state index contributed by atoms with van der Waals surface area (Å²) in [6.07, 6.45) is 0.453. The second-order valence-corrected chi connectivity index (χ2v) is 8.99. The van der Waals surface area contributed by atoms with Crippen LogP contribution in [0.1, 0.15) is 21.5 Å².